The van der Waals surface area contributed by atoms with Crippen molar-refractivity contribution in [2.24, 2.45) is 0 Å². The normalized spacial score (nSPS) is 12.6. The van der Waals surface area contributed by atoms with Crippen LogP contribution in [0.3, 0.4) is 0 Å². The summed E-state index contributed by atoms with van der Waals surface area (Å²) in [6, 6.07) is 23.8. The molecule has 1 atom stereocenters. The van der Waals surface area contributed by atoms with Crippen LogP contribution in [-0.2, 0) is 24.3 Å². The SMILES string of the molecule is F.F.O=C(O)Nc1cc(CCCCn2c(=O)oc3cc(CNCC(O)c4ccc(O)c5c4OCC(=O)N5)ccc32)ccc1-c1ccccc1. The Morgan fingerprint density at radius 3 is 2.51 bits per heavy atom. The average Bonchev–Trinajstić information content (AvgIpc) is 3.37. The molecule has 4 aromatic carbocycles. The van der Waals surface area contributed by atoms with E-state index in [2.05, 4.69) is 16.0 Å². The molecule has 0 aliphatic carbocycles. The van der Waals surface area contributed by atoms with E-state index in [9.17, 15) is 29.7 Å². The second kappa shape index (κ2) is 15.9. The second-order valence-corrected chi connectivity index (χ2v) is 11.3. The number of benzene rings is 4. The zero-order valence-electron chi connectivity index (χ0n) is 26.2. The molecule has 2 amide bonds. The zero-order chi connectivity index (χ0) is 32.9. The van der Waals surface area contributed by atoms with Crippen LogP contribution in [0, 0.1) is 0 Å². The third kappa shape index (κ3) is 8.23. The number of phenolic OH excluding ortho intramolecular Hbond substituents is 1. The molecule has 1 aliphatic rings. The lowest BCUT2D eigenvalue weighted by atomic mass is 9.99. The number of ether oxygens (including phenoxy) is 1. The monoisotopic (exact) mass is 678 g/mol. The fourth-order valence-electron chi connectivity index (χ4n) is 5.77. The van der Waals surface area contributed by atoms with Crippen LogP contribution >= 0.6 is 0 Å². The molecular formula is C35H36F2N4O8. The van der Waals surface area contributed by atoms with E-state index in [-0.39, 0.29) is 45.7 Å². The fourth-order valence-corrected chi connectivity index (χ4v) is 5.77. The van der Waals surface area contributed by atoms with Gasteiger partial charge in [-0.15, -0.1) is 0 Å². The third-order valence-electron chi connectivity index (χ3n) is 8.04. The van der Waals surface area contributed by atoms with Gasteiger partial charge in [0.1, 0.15) is 11.4 Å². The number of carboxylic acid groups (broad SMARTS) is 1. The number of fused-ring (bicyclic) bond motifs is 2. The summed E-state index contributed by atoms with van der Waals surface area (Å²) in [4.78, 5) is 35.7. The van der Waals surface area contributed by atoms with Gasteiger partial charge in [-0.2, -0.15) is 0 Å². The molecular weight excluding hydrogens is 642 g/mol. The Morgan fingerprint density at radius 2 is 1.73 bits per heavy atom. The molecule has 5 aromatic rings. The van der Waals surface area contributed by atoms with Crippen LogP contribution in [-0.4, -0.2) is 45.0 Å². The van der Waals surface area contributed by atoms with Gasteiger partial charge in [-0.1, -0.05) is 48.5 Å². The van der Waals surface area contributed by atoms with E-state index in [1.54, 1.807) is 16.7 Å². The minimum atomic E-state index is -1.12. The van der Waals surface area contributed by atoms with Crippen LogP contribution in [0.5, 0.6) is 11.5 Å². The van der Waals surface area contributed by atoms with E-state index in [0.29, 0.717) is 48.3 Å². The van der Waals surface area contributed by atoms with Gasteiger partial charge in [0, 0.05) is 30.8 Å². The van der Waals surface area contributed by atoms with E-state index >= 15 is 0 Å². The van der Waals surface area contributed by atoms with Gasteiger partial charge in [0.2, 0.25) is 0 Å². The highest BCUT2D eigenvalue weighted by molar-refractivity contribution is 5.97. The van der Waals surface area contributed by atoms with Crippen molar-refractivity contribution in [1.82, 2.24) is 9.88 Å². The summed E-state index contributed by atoms with van der Waals surface area (Å²) in [6.07, 6.45) is 0.114. The molecule has 0 spiro atoms. The minimum absolute atomic E-state index is 0. The fraction of sp³-hybridized carbons (Fsp3) is 0.229. The summed E-state index contributed by atoms with van der Waals surface area (Å²) in [5.74, 6) is -0.727. The Balaban J connectivity index is 0.00000270. The van der Waals surface area contributed by atoms with E-state index in [4.69, 9.17) is 9.15 Å². The Hall–Kier alpha value is -5.73. The number of aryl methyl sites for hydroxylation is 2. The first-order valence-electron chi connectivity index (χ1n) is 15.2. The van der Waals surface area contributed by atoms with Crippen molar-refractivity contribution in [3.8, 4) is 22.6 Å². The number of nitrogens with one attached hydrogen (secondary N) is 3. The first-order valence-corrected chi connectivity index (χ1v) is 15.2. The number of aliphatic hydroxyl groups is 1. The second-order valence-electron chi connectivity index (χ2n) is 11.3. The van der Waals surface area contributed by atoms with Crippen molar-refractivity contribution < 1.29 is 43.5 Å². The molecule has 0 saturated carbocycles. The Kier molecular flexibility index (Phi) is 11.7. The average molecular weight is 679 g/mol. The number of rotatable bonds is 12. The van der Waals surface area contributed by atoms with Crippen LogP contribution in [0.4, 0.5) is 25.6 Å². The molecule has 0 fully saturated rings. The molecule has 6 N–H and O–H groups in total. The van der Waals surface area contributed by atoms with Crippen molar-refractivity contribution in [2.75, 3.05) is 23.8 Å². The molecule has 49 heavy (non-hydrogen) atoms. The Morgan fingerprint density at radius 1 is 0.959 bits per heavy atom. The summed E-state index contributed by atoms with van der Waals surface area (Å²) in [5, 5.41) is 38.4. The van der Waals surface area contributed by atoms with Crippen LogP contribution in [0.25, 0.3) is 22.2 Å². The molecule has 12 nitrogen and oxygen atoms in total. The van der Waals surface area contributed by atoms with Gasteiger partial charge in [0.05, 0.1) is 17.3 Å². The number of hydrogen-bond donors (Lipinski definition) is 6. The molecule has 14 heteroatoms. The zero-order valence-corrected chi connectivity index (χ0v) is 26.2. The number of aromatic nitrogens is 1. The topological polar surface area (TPSA) is 175 Å². The number of oxazole rings is 1. The summed E-state index contributed by atoms with van der Waals surface area (Å²) < 4.78 is 12.6. The first kappa shape index (κ1) is 36.1. The number of phenols is 1. The lowest BCUT2D eigenvalue weighted by Gasteiger charge is -2.23. The quantitative estimate of drug-likeness (QED) is 0.0731. The van der Waals surface area contributed by atoms with Gasteiger partial charge in [-0.05, 0) is 66.3 Å². The number of aliphatic hydroxyl groups excluding tert-OH is 1. The lowest BCUT2D eigenvalue weighted by Crippen LogP contribution is -2.27. The molecule has 0 bridgehead atoms. The maximum Gasteiger partial charge on any atom is 0.419 e. The van der Waals surface area contributed by atoms with Crippen molar-refractivity contribution >= 4 is 34.5 Å². The third-order valence-corrected chi connectivity index (χ3v) is 8.04. The standard InChI is InChI=1S/C35H34N4O8.2FH/c40-28-14-12-25(33-32(28)38-31(42)20-46-33)29(41)19-36-18-22-10-13-27-30(17-22)47-35(45)39(27)15-5-4-6-21-9-11-24(23-7-2-1-3-8-23)26(16-21)37-34(43)44;;/h1-3,7-14,16-17,29,36-37,40-41H,4-6,15,18-20H2,(H,38,42)(H,43,44);2*1H. The number of carbonyl (C=O) groups is 2. The molecule has 1 aromatic heterocycles. The number of carbonyl (C=O) groups excluding carboxylic acids is 1. The maximum absolute atomic E-state index is 12.7. The summed E-state index contributed by atoms with van der Waals surface area (Å²) in [7, 11) is 0. The molecule has 258 valence electrons. The van der Waals surface area contributed by atoms with E-state index in [1.807, 2.05) is 60.7 Å². The van der Waals surface area contributed by atoms with Gasteiger partial charge in [0.15, 0.2) is 17.9 Å². The van der Waals surface area contributed by atoms with Crippen molar-refractivity contribution in [3.05, 3.63) is 106 Å². The molecule has 6 rings (SSSR count). The largest absolute Gasteiger partial charge is 0.506 e. The lowest BCUT2D eigenvalue weighted by molar-refractivity contribution is -0.118. The predicted molar refractivity (Wildman–Crippen MR) is 181 cm³/mol. The molecule has 2 heterocycles. The van der Waals surface area contributed by atoms with Gasteiger partial charge < -0.3 is 35.1 Å². The highest BCUT2D eigenvalue weighted by atomic mass is 19.0. The van der Waals surface area contributed by atoms with Gasteiger partial charge in [0.25, 0.3) is 5.91 Å². The summed E-state index contributed by atoms with van der Waals surface area (Å²) in [6.45, 7) is 0.823. The highest BCUT2D eigenvalue weighted by Crippen LogP contribution is 2.41. The molecule has 0 saturated heterocycles. The van der Waals surface area contributed by atoms with Gasteiger partial charge >= 0.3 is 11.8 Å². The van der Waals surface area contributed by atoms with Crippen LogP contribution in [0.1, 0.15) is 35.6 Å². The number of nitrogens with zero attached hydrogens (tertiary/aromatic N) is 1. The Bertz CT molecular complexity index is 2000. The minimum Gasteiger partial charge on any atom is -0.506 e. The molecule has 1 aliphatic heterocycles. The van der Waals surface area contributed by atoms with E-state index in [1.165, 1.54) is 6.07 Å². The number of anilines is 2. The maximum atomic E-state index is 12.7. The van der Waals surface area contributed by atoms with Crippen molar-refractivity contribution in [3.63, 3.8) is 0 Å². The smallest absolute Gasteiger partial charge is 0.419 e. The van der Waals surface area contributed by atoms with Crippen LogP contribution in [0.15, 0.2) is 88.1 Å². The number of hydrogen-bond acceptors (Lipinski definition) is 8. The number of unbranched alkanes of at least 4 members (excludes halogenated alkanes) is 1. The molecule has 0 radical (unpaired) electrons. The van der Waals surface area contributed by atoms with Gasteiger partial charge in [-0.25, -0.2) is 9.59 Å². The van der Waals surface area contributed by atoms with Crippen LogP contribution in [0.2, 0.25) is 0 Å². The van der Waals surface area contributed by atoms with Crippen molar-refractivity contribution in [2.45, 2.75) is 38.5 Å². The van der Waals surface area contributed by atoms with Gasteiger partial charge in [-0.3, -0.25) is 24.1 Å². The predicted octanol–water partition coefficient (Wildman–Crippen LogP) is 5.54. The summed E-state index contributed by atoms with van der Waals surface area (Å²) >= 11 is 0. The summed E-state index contributed by atoms with van der Waals surface area (Å²) in [5.41, 5.74) is 5.83. The molecule has 1 unspecified atom stereocenters. The number of amides is 2. The number of halogens is 2. The van der Waals surface area contributed by atoms with E-state index < -0.39 is 18.0 Å². The first-order chi connectivity index (χ1) is 22.8. The number of aromatic hydroxyl groups is 1. The van der Waals surface area contributed by atoms with E-state index in [0.717, 1.165) is 28.7 Å². The van der Waals surface area contributed by atoms with Crippen LogP contribution < -0.4 is 26.4 Å². The Labute approximate surface area is 278 Å². The van der Waals surface area contributed by atoms with Crippen molar-refractivity contribution in [1.29, 1.82) is 0 Å². The highest BCUT2D eigenvalue weighted by Gasteiger charge is 2.25.